The Kier molecular flexibility index (Phi) is 3.64. The lowest BCUT2D eigenvalue weighted by atomic mass is 9.77. The van der Waals surface area contributed by atoms with Crippen LogP contribution in [0.15, 0.2) is 12.1 Å². The molecule has 4 heteroatoms. The van der Waals surface area contributed by atoms with Gasteiger partial charge in [0.1, 0.15) is 0 Å². The molecule has 86 valence electrons. The zero-order valence-electron chi connectivity index (χ0n) is 10.3. The quantitative estimate of drug-likeness (QED) is 0.722. The van der Waals surface area contributed by atoms with Crippen LogP contribution in [0.5, 0.6) is 0 Å². The van der Waals surface area contributed by atoms with Gasteiger partial charge >= 0.3 is 7.12 Å². The topological polar surface area (TPSA) is 44.5 Å². The Labute approximate surface area is 93.2 Å². The molecule has 0 atom stereocenters. The van der Waals surface area contributed by atoms with Gasteiger partial charge in [-0.2, -0.15) is 0 Å². The summed E-state index contributed by atoms with van der Waals surface area (Å²) in [6, 6.07) is 0. The van der Waals surface area contributed by atoms with E-state index >= 15 is 0 Å². The maximum Gasteiger partial charge on any atom is 0.489 e. The fourth-order valence-electron chi connectivity index (χ4n) is 1.46. The normalized spacial score (nSPS) is 23.1. The van der Waals surface area contributed by atoms with E-state index in [1.165, 1.54) is 0 Å². The first-order chi connectivity index (χ1) is 6.80. The number of nitrogens with two attached hydrogens (primary N) is 1. The van der Waals surface area contributed by atoms with Gasteiger partial charge in [-0.3, -0.25) is 0 Å². The molecule has 0 amide bonds. The molecule has 2 N–H and O–H groups in total. The highest BCUT2D eigenvalue weighted by Crippen LogP contribution is 2.38. The zero-order chi connectivity index (χ0) is 11.7. The highest BCUT2D eigenvalue weighted by atomic mass is 16.7. The van der Waals surface area contributed by atoms with Gasteiger partial charge in [0.15, 0.2) is 0 Å². The molecule has 1 aliphatic rings. The molecule has 0 aliphatic carbocycles. The maximum atomic E-state index is 5.86. The van der Waals surface area contributed by atoms with E-state index in [9.17, 15) is 0 Å². The molecule has 0 aromatic heterocycles. The number of rotatable bonds is 4. The van der Waals surface area contributed by atoms with Gasteiger partial charge in [0.05, 0.1) is 11.2 Å². The summed E-state index contributed by atoms with van der Waals surface area (Å²) in [7, 11) is -0.276. The van der Waals surface area contributed by atoms with Gasteiger partial charge in [0.25, 0.3) is 0 Å². The second-order valence-electron chi connectivity index (χ2n) is 5.14. The van der Waals surface area contributed by atoms with Gasteiger partial charge in [-0.1, -0.05) is 0 Å². The van der Waals surface area contributed by atoms with E-state index < -0.39 is 0 Å². The molecule has 0 aromatic carbocycles. The van der Waals surface area contributed by atoms with Crippen LogP contribution >= 0.6 is 0 Å². The van der Waals surface area contributed by atoms with Crippen molar-refractivity contribution in [1.82, 2.24) is 0 Å². The Morgan fingerprint density at radius 2 is 1.67 bits per heavy atom. The molecular weight excluding hydrogens is 189 g/mol. The third kappa shape index (κ3) is 2.62. The Balaban J connectivity index is 2.59. The average molecular weight is 211 g/mol. The smallest absolute Gasteiger partial charge is 0.400 e. The summed E-state index contributed by atoms with van der Waals surface area (Å²) >= 11 is 0. The van der Waals surface area contributed by atoms with E-state index in [0.717, 1.165) is 18.3 Å². The maximum absolute atomic E-state index is 5.86. The Morgan fingerprint density at radius 1 is 1.20 bits per heavy atom. The summed E-state index contributed by atoms with van der Waals surface area (Å²) in [5, 5.41) is 0. The lowest BCUT2D eigenvalue weighted by Gasteiger charge is -2.32. The molecule has 1 heterocycles. The van der Waals surface area contributed by atoms with Gasteiger partial charge < -0.3 is 15.0 Å². The zero-order valence-corrected chi connectivity index (χ0v) is 10.3. The van der Waals surface area contributed by atoms with Crippen LogP contribution in [0.4, 0.5) is 0 Å². The van der Waals surface area contributed by atoms with Crippen molar-refractivity contribution in [3.05, 3.63) is 12.1 Å². The minimum absolute atomic E-state index is 0.274. The van der Waals surface area contributed by atoms with E-state index in [2.05, 4.69) is 6.58 Å². The predicted octanol–water partition coefficient (Wildman–Crippen LogP) is 1.91. The molecule has 1 aliphatic heterocycles. The molecular formula is C11H22BNO2. The van der Waals surface area contributed by atoms with Crippen molar-refractivity contribution in [3.8, 4) is 0 Å². The number of hydrogen-bond donors (Lipinski definition) is 1. The van der Waals surface area contributed by atoms with Crippen molar-refractivity contribution in [2.45, 2.75) is 51.7 Å². The monoisotopic (exact) mass is 211 g/mol. The summed E-state index contributed by atoms with van der Waals surface area (Å²) in [6.07, 6.45) is 1.80. The van der Waals surface area contributed by atoms with Crippen molar-refractivity contribution in [3.63, 3.8) is 0 Å². The van der Waals surface area contributed by atoms with E-state index in [-0.39, 0.29) is 18.3 Å². The highest BCUT2D eigenvalue weighted by Gasteiger charge is 2.51. The molecule has 0 saturated carbocycles. The molecule has 0 aromatic rings. The average Bonchev–Trinajstić information content (AvgIpc) is 2.32. The number of allylic oxidation sites excluding steroid dienone is 1. The Hall–Kier alpha value is -0.315. The molecule has 3 nitrogen and oxygen atoms in total. The SMILES string of the molecule is C=C(CCCN)B1OC(C)(C)C(C)(C)O1. The van der Waals surface area contributed by atoms with Crippen LogP contribution in [-0.4, -0.2) is 24.9 Å². The summed E-state index contributed by atoms with van der Waals surface area (Å²) in [5.41, 5.74) is 5.90. The van der Waals surface area contributed by atoms with Gasteiger partial charge in [0.2, 0.25) is 0 Å². The van der Waals surface area contributed by atoms with Gasteiger partial charge in [-0.25, -0.2) is 0 Å². The van der Waals surface area contributed by atoms with Crippen molar-refractivity contribution < 1.29 is 9.31 Å². The molecule has 0 bridgehead atoms. The van der Waals surface area contributed by atoms with Gasteiger partial charge in [-0.05, 0) is 52.6 Å². The van der Waals surface area contributed by atoms with E-state index in [4.69, 9.17) is 15.0 Å². The van der Waals surface area contributed by atoms with Crippen LogP contribution in [-0.2, 0) is 9.31 Å². The molecule has 0 radical (unpaired) electrons. The number of hydrogen-bond acceptors (Lipinski definition) is 3. The second kappa shape index (κ2) is 4.28. The summed E-state index contributed by atoms with van der Waals surface area (Å²) in [6.45, 7) is 12.9. The molecule has 1 saturated heterocycles. The van der Waals surface area contributed by atoms with Crippen LogP contribution in [0.3, 0.4) is 0 Å². The van der Waals surface area contributed by atoms with Crippen molar-refractivity contribution in [1.29, 1.82) is 0 Å². The van der Waals surface area contributed by atoms with Crippen LogP contribution < -0.4 is 5.73 Å². The van der Waals surface area contributed by atoms with Crippen molar-refractivity contribution in [2.24, 2.45) is 5.73 Å². The van der Waals surface area contributed by atoms with E-state index in [0.29, 0.717) is 6.54 Å². The fourth-order valence-corrected chi connectivity index (χ4v) is 1.46. The predicted molar refractivity (Wildman–Crippen MR) is 63.5 cm³/mol. The Bertz CT molecular complexity index is 235. The van der Waals surface area contributed by atoms with Crippen LogP contribution in [0.1, 0.15) is 40.5 Å². The summed E-state index contributed by atoms with van der Waals surface area (Å²) in [4.78, 5) is 0. The first kappa shape index (κ1) is 12.8. The summed E-state index contributed by atoms with van der Waals surface area (Å²) < 4.78 is 11.7. The first-order valence-corrected chi connectivity index (χ1v) is 5.53. The minimum Gasteiger partial charge on any atom is -0.400 e. The fraction of sp³-hybridized carbons (Fsp3) is 0.818. The van der Waals surface area contributed by atoms with E-state index in [1.807, 2.05) is 27.7 Å². The van der Waals surface area contributed by atoms with Crippen LogP contribution in [0.2, 0.25) is 0 Å². The lowest BCUT2D eigenvalue weighted by molar-refractivity contribution is 0.00578. The Morgan fingerprint density at radius 3 is 2.07 bits per heavy atom. The largest absolute Gasteiger partial charge is 0.489 e. The third-order valence-electron chi connectivity index (χ3n) is 3.29. The summed E-state index contributed by atoms with van der Waals surface area (Å²) in [5.74, 6) is 0. The molecule has 15 heavy (non-hydrogen) atoms. The molecule has 0 spiro atoms. The van der Waals surface area contributed by atoms with Crippen LogP contribution in [0.25, 0.3) is 0 Å². The van der Waals surface area contributed by atoms with Crippen LogP contribution in [0, 0.1) is 0 Å². The van der Waals surface area contributed by atoms with Crippen molar-refractivity contribution in [2.75, 3.05) is 6.54 Å². The lowest BCUT2D eigenvalue weighted by Crippen LogP contribution is -2.41. The molecule has 0 unspecified atom stereocenters. The molecule has 1 rings (SSSR count). The van der Waals surface area contributed by atoms with Crippen molar-refractivity contribution >= 4 is 7.12 Å². The van der Waals surface area contributed by atoms with Gasteiger partial charge in [0, 0.05) is 0 Å². The van der Waals surface area contributed by atoms with E-state index in [1.54, 1.807) is 0 Å². The standard InChI is InChI=1S/C11H22BNO2/c1-9(7-6-8-13)12-14-10(2,3)11(4,5)15-12/h1,6-8,13H2,2-5H3. The highest BCUT2D eigenvalue weighted by molar-refractivity contribution is 6.54. The minimum atomic E-state index is -0.276. The first-order valence-electron chi connectivity index (χ1n) is 5.53. The molecule has 1 fully saturated rings. The second-order valence-corrected chi connectivity index (χ2v) is 5.14. The third-order valence-corrected chi connectivity index (χ3v) is 3.29. The van der Waals surface area contributed by atoms with Gasteiger partial charge in [-0.15, -0.1) is 6.58 Å².